The Morgan fingerprint density at radius 1 is 1.21 bits per heavy atom. The summed E-state index contributed by atoms with van der Waals surface area (Å²) in [6.07, 6.45) is 9.87. The highest BCUT2D eigenvalue weighted by Crippen LogP contribution is 2.26. The number of H-pyrrole nitrogens is 1. The van der Waals surface area contributed by atoms with E-state index < -0.39 is 0 Å². The fourth-order valence-electron chi connectivity index (χ4n) is 2.79. The van der Waals surface area contributed by atoms with E-state index in [-0.39, 0.29) is 0 Å². The second-order valence-corrected chi connectivity index (χ2v) is 6.20. The van der Waals surface area contributed by atoms with E-state index in [0.717, 1.165) is 42.4 Å². The molecule has 5 nitrogen and oxygen atoms in total. The monoisotopic (exact) mass is 340 g/mol. The molecule has 0 atom stereocenters. The van der Waals surface area contributed by atoms with Gasteiger partial charge in [-0.05, 0) is 43.5 Å². The molecule has 0 unspecified atom stereocenters. The van der Waals surface area contributed by atoms with E-state index >= 15 is 0 Å². The van der Waals surface area contributed by atoms with Gasteiger partial charge in [-0.1, -0.05) is 40.5 Å². The van der Waals surface area contributed by atoms with Crippen LogP contribution < -0.4 is 5.32 Å². The van der Waals surface area contributed by atoms with Crippen molar-refractivity contribution in [1.82, 2.24) is 15.2 Å². The van der Waals surface area contributed by atoms with Crippen molar-refractivity contribution in [2.45, 2.75) is 19.3 Å². The third-order valence-corrected chi connectivity index (χ3v) is 4.23. The molecule has 2 N–H and O–H groups in total. The Hall–Kier alpha value is -2.53. The molecule has 0 spiro atoms. The van der Waals surface area contributed by atoms with Gasteiger partial charge in [0.15, 0.2) is 0 Å². The number of anilines is 1. The number of rotatable bonds is 5. The van der Waals surface area contributed by atoms with Crippen molar-refractivity contribution in [3.63, 3.8) is 0 Å². The van der Waals surface area contributed by atoms with Crippen molar-refractivity contribution in [2.24, 2.45) is 0 Å². The Labute approximate surface area is 144 Å². The van der Waals surface area contributed by atoms with Crippen LogP contribution in [0.3, 0.4) is 0 Å². The Balaban J connectivity index is 1.43. The molecule has 24 heavy (non-hydrogen) atoms. The van der Waals surface area contributed by atoms with Crippen LogP contribution >= 0.6 is 11.6 Å². The van der Waals surface area contributed by atoms with Gasteiger partial charge in [0.25, 0.3) is 5.89 Å². The molecule has 122 valence electrons. The molecule has 2 aromatic heterocycles. The van der Waals surface area contributed by atoms with E-state index in [1.807, 2.05) is 24.3 Å². The van der Waals surface area contributed by atoms with Crippen LogP contribution in [0.2, 0.25) is 5.02 Å². The molecular formula is C18H17ClN4O. The first-order chi connectivity index (χ1) is 11.8. The van der Waals surface area contributed by atoms with Crippen LogP contribution in [0.25, 0.3) is 22.5 Å². The minimum atomic E-state index is 0.432. The molecule has 0 bridgehead atoms. The summed E-state index contributed by atoms with van der Waals surface area (Å²) in [5.41, 5.74) is 3.12. The Bertz CT molecular complexity index is 922. The number of hydrogen-bond acceptors (Lipinski definition) is 4. The lowest BCUT2D eigenvalue weighted by Gasteiger charge is -2.06. The molecule has 2 heterocycles. The number of hydrogen-bond donors (Lipinski definition) is 2. The second-order valence-electron chi connectivity index (χ2n) is 5.76. The molecule has 0 saturated carbocycles. The third-order valence-electron chi connectivity index (χ3n) is 4.00. The van der Waals surface area contributed by atoms with Crippen LogP contribution in [0.1, 0.15) is 19.3 Å². The van der Waals surface area contributed by atoms with Gasteiger partial charge in [0.2, 0.25) is 0 Å². The number of allylic oxidation sites excluding steroid dienone is 3. The Kier molecular flexibility index (Phi) is 4.09. The first kappa shape index (κ1) is 15.0. The van der Waals surface area contributed by atoms with Crippen molar-refractivity contribution >= 4 is 28.5 Å². The summed E-state index contributed by atoms with van der Waals surface area (Å²) in [6.45, 7) is 0.764. The fraction of sp³-hybridized carbons (Fsp3) is 0.222. The van der Waals surface area contributed by atoms with Gasteiger partial charge in [-0.2, -0.15) is 0 Å². The van der Waals surface area contributed by atoms with Crippen LogP contribution in [0.15, 0.2) is 52.5 Å². The van der Waals surface area contributed by atoms with Crippen molar-refractivity contribution < 1.29 is 4.42 Å². The largest absolute Gasteiger partial charge is 0.402 e. The number of nitrogens with one attached hydrogen (secondary N) is 2. The van der Waals surface area contributed by atoms with Gasteiger partial charge in [-0.3, -0.25) is 0 Å². The lowest BCUT2D eigenvalue weighted by Crippen LogP contribution is -2.03. The molecule has 0 aliphatic heterocycles. The number of halogens is 1. The Morgan fingerprint density at radius 2 is 2.17 bits per heavy atom. The summed E-state index contributed by atoms with van der Waals surface area (Å²) >= 11 is 6.01. The molecule has 6 heteroatoms. The smallest absolute Gasteiger partial charge is 0.315 e. The standard InChI is InChI=1S/C18H17ClN4O/c19-14-6-7-15-13(10-14)11-16(21-15)17-22-23-18(24-17)20-9-8-12-4-2-1-3-5-12/h2,4-7,10-11,21H,1,3,8-9H2,(H,20,23). The molecule has 0 radical (unpaired) electrons. The maximum absolute atomic E-state index is 6.01. The van der Waals surface area contributed by atoms with E-state index in [2.05, 4.69) is 38.7 Å². The molecule has 0 fully saturated rings. The minimum Gasteiger partial charge on any atom is -0.402 e. The van der Waals surface area contributed by atoms with Gasteiger partial charge in [0.1, 0.15) is 5.69 Å². The summed E-state index contributed by atoms with van der Waals surface area (Å²) in [6, 6.07) is 8.07. The molecular weight excluding hydrogens is 324 g/mol. The SMILES string of the molecule is Clc1ccc2[nH]c(-c3nnc(NCCC4=CCCC=C4)o3)cc2c1. The summed E-state index contributed by atoms with van der Waals surface area (Å²) in [5.74, 6) is 0.460. The maximum atomic E-state index is 6.01. The fourth-order valence-corrected chi connectivity index (χ4v) is 2.97. The van der Waals surface area contributed by atoms with E-state index in [9.17, 15) is 0 Å². The van der Waals surface area contributed by atoms with Crippen LogP contribution in [-0.2, 0) is 0 Å². The van der Waals surface area contributed by atoms with Crippen LogP contribution in [-0.4, -0.2) is 21.7 Å². The summed E-state index contributed by atoms with van der Waals surface area (Å²) in [5, 5.41) is 13.0. The number of aromatic nitrogens is 3. The average Bonchev–Trinajstić information content (AvgIpc) is 3.22. The molecule has 3 aromatic rings. The van der Waals surface area contributed by atoms with Crippen molar-refractivity contribution in [2.75, 3.05) is 11.9 Å². The third kappa shape index (κ3) is 3.21. The Morgan fingerprint density at radius 3 is 3.04 bits per heavy atom. The zero-order valence-electron chi connectivity index (χ0n) is 13.1. The molecule has 1 aliphatic carbocycles. The first-order valence-electron chi connectivity index (χ1n) is 7.99. The number of aromatic amines is 1. The molecule has 4 rings (SSSR count). The zero-order valence-corrected chi connectivity index (χ0v) is 13.8. The normalized spacial score (nSPS) is 14.1. The first-order valence-corrected chi connectivity index (χ1v) is 8.37. The zero-order chi connectivity index (χ0) is 16.4. The van der Waals surface area contributed by atoms with Crippen molar-refractivity contribution in [1.29, 1.82) is 0 Å². The van der Waals surface area contributed by atoms with Crippen molar-refractivity contribution in [3.05, 3.63) is 53.1 Å². The summed E-state index contributed by atoms with van der Waals surface area (Å²) in [7, 11) is 0. The predicted molar refractivity (Wildman–Crippen MR) is 96.2 cm³/mol. The van der Waals surface area contributed by atoms with Gasteiger partial charge < -0.3 is 14.7 Å². The van der Waals surface area contributed by atoms with Crippen LogP contribution in [0, 0.1) is 0 Å². The van der Waals surface area contributed by atoms with E-state index in [0.29, 0.717) is 16.9 Å². The maximum Gasteiger partial charge on any atom is 0.315 e. The highest BCUT2D eigenvalue weighted by molar-refractivity contribution is 6.31. The molecule has 1 aromatic carbocycles. The minimum absolute atomic E-state index is 0.432. The van der Waals surface area contributed by atoms with Gasteiger partial charge in [0, 0.05) is 22.5 Å². The molecule has 0 saturated heterocycles. The molecule has 1 aliphatic rings. The molecule has 0 amide bonds. The lowest BCUT2D eigenvalue weighted by atomic mass is 10.0. The van der Waals surface area contributed by atoms with Gasteiger partial charge in [0.05, 0.1) is 0 Å². The van der Waals surface area contributed by atoms with Gasteiger partial charge >= 0.3 is 6.01 Å². The van der Waals surface area contributed by atoms with Gasteiger partial charge in [-0.15, -0.1) is 5.10 Å². The van der Waals surface area contributed by atoms with E-state index in [4.69, 9.17) is 16.0 Å². The second kappa shape index (κ2) is 6.53. The van der Waals surface area contributed by atoms with Gasteiger partial charge in [-0.25, -0.2) is 0 Å². The topological polar surface area (TPSA) is 66.7 Å². The van der Waals surface area contributed by atoms with E-state index in [1.54, 1.807) is 0 Å². The average molecular weight is 341 g/mol. The van der Waals surface area contributed by atoms with Crippen LogP contribution in [0.5, 0.6) is 0 Å². The van der Waals surface area contributed by atoms with E-state index in [1.165, 1.54) is 5.57 Å². The highest BCUT2D eigenvalue weighted by atomic mass is 35.5. The number of nitrogens with zero attached hydrogens (tertiary/aromatic N) is 2. The quantitative estimate of drug-likeness (QED) is 0.689. The summed E-state index contributed by atoms with van der Waals surface area (Å²) in [4.78, 5) is 3.26. The highest BCUT2D eigenvalue weighted by Gasteiger charge is 2.11. The number of fused-ring (bicyclic) bond motifs is 1. The van der Waals surface area contributed by atoms with Crippen LogP contribution in [0.4, 0.5) is 6.01 Å². The summed E-state index contributed by atoms with van der Waals surface area (Å²) < 4.78 is 5.68. The lowest BCUT2D eigenvalue weighted by molar-refractivity contribution is 0.579. The number of benzene rings is 1. The van der Waals surface area contributed by atoms with Crippen molar-refractivity contribution in [3.8, 4) is 11.6 Å². The predicted octanol–water partition coefficient (Wildman–Crippen LogP) is 4.95.